The van der Waals surface area contributed by atoms with E-state index in [-0.39, 0.29) is 30.7 Å². The molecule has 1 heterocycles. The first-order valence-electron chi connectivity index (χ1n) is 8.17. The second-order valence-electron chi connectivity index (χ2n) is 5.84. The van der Waals surface area contributed by atoms with Crippen molar-refractivity contribution in [3.8, 4) is 0 Å². The average molecular weight is 399 g/mol. The first-order chi connectivity index (χ1) is 10.5. The lowest BCUT2D eigenvalue weighted by Gasteiger charge is -2.27. The number of rotatable bonds is 10. The van der Waals surface area contributed by atoms with Crippen molar-refractivity contribution in [3.05, 3.63) is 16.1 Å². The zero-order chi connectivity index (χ0) is 16.5. The van der Waals surface area contributed by atoms with E-state index in [0.717, 1.165) is 44.2 Å². The second kappa shape index (κ2) is 13.8. The number of amides is 1. The zero-order valence-corrected chi connectivity index (χ0v) is 17.6. The number of hydrogen-bond donors (Lipinski definition) is 1. The lowest BCUT2D eigenvalue weighted by Crippen LogP contribution is -2.40. The van der Waals surface area contributed by atoms with Crippen LogP contribution in [0.25, 0.3) is 0 Å². The molecule has 1 amide bonds. The quantitative estimate of drug-likeness (QED) is 0.657. The van der Waals surface area contributed by atoms with Crippen molar-refractivity contribution in [2.24, 2.45) is 11.7 Å². The van der Waals surface area contributed by atoms with Gasteiger partial charge in [-0.15, -0.1) is 36.2 Å². The van der Waals surface area contributed by atoms with E-state index in [4.69, 9.17) is 5.73 Å². The lowest BCUT2D eigenvalue weighted by atomic mass is 10.2. The molecule has 8 heteroatoms. The number of nitrogens with two attached hydrogens (primary N) is 1. The Bertz CT molecular complexity index is 453. The van der Waals surface area contributed by atoms with E-state index in [1.54, 1.807) is 0 Å². The molecule has 142 valence electrons. The maximum absolute atomic E-state index is 12.7. The van der Waals surface area contributed by atoms with Gasteiger partial charge >= 0.3 is 0 Å². The van der Waals surface area contributed by atoms with Gasteiger partial charge in [-0.3, -0.25) is 4.79 Å². The Morgan fingerprint density at radius 1 is 1.25 bits per heavy atom. The smallest absolute Gasteiger partial charge is 0.273 e. The van der Waals surface area contributed by atoms with Gasteiger partial charge in [-0.1, -0.05) is 27.7 Å². The van der Waals surface area contributed by atoms with Gasteiger partial charge in [0.05, 0.1) is 5.01 Å². The van der Waals surface area contributed by atoms with Crippen molar-refractivity contribution >= 4 is 42.1 Å². The number of halogens is 2. The Labute approximate surface area is 162 Å². The number of thiazole rings is 1. The predicted octanol–water partition coefficient (Wildman–Crippen LogP) is 2.93. The Hall–Kier alpha value is -0.400. The highest BCUT2D eigenvalue weighted by Gasteiger charge is 2.20. The summed E-state index contributed by atoms with van der Waals surface area (Å²) in [4.78, 5) is 21.4. The highest BCUT2D eigenvalue weighted by Crippen LogP contribution is 2.13. The molecule has 0 saturated heterocycles. The van der Waals surface area contributed by atoms with Crippen LogP contribution in [-0.2, 0) is 6.42 Å². The summed E-state index contributed by atoms with van der Waals surface area (Å²) in [5.74, 6) is 0.489. The summed E-state index contributed by atoms with van der Waals surface area (Å²) in [6.07, 6.45) is 0.738. The molecule has 0 aliphatic heterocycles. The number of carbonyl (C=O) groups is 1. The maximum atomic E-state index is 12.7. The van der Waals surface area contributed by atoms with E-state index < -0.39 is 0 Å². The van der Waals surface area contributed by atoms with Crippen LogP contribution >= 0.6 is 36.2 Å². The van der Waals surface area contributed by atoms with Crippen molar-refractivity contribution in [1.29, 1.82) is 0 Å². The molecular weight excluding hydrogens is 367 g/mol. The predicted molar refractivity (Wildman–Crippen MR) is 108 cm³/mol. The SMILES string of the molecule is CCN(CC)CCN(CC(C)C)C(=O)c1csc(CCN)n1.Cl.Cl. The molecule has 0 unspecified atom stereocenters. The van der Waals surface area contributed by atoms with E-state index in [0.29, 0.717) is 18.2 Å². The standard InChI is InChI=1S/C16H30N4OS.2ClH/c1-5-19(6-2)9-10-20(11-13(3)4)16(21)14-12-22-15(18-14)7-8-17;;/h12-13H,5-11,17H2,1-4H3;2*1H. The minimum Gasteiger partial charge on any atom is -0.336 e. The molecule has 24 heavy (non-hydrogen) atoms. The van der Waals surface area contributed by atoms with Gasteiger partial charge in [-0.05, 0) is 25.6 Å². The van der Waals surface area contributed by atoms with Crippen LogP contribution in [0.5, 0.6) is 0 Å². The molecule has 2 N–H and O–H groups in total. The lowest BCUT2D eigenvalue weighted by molar-refractivity contribution is 0.0711. The summed E-state index contributed by atoms with van der Waals surface area (Å²) < 4.78 is 0. The largest absolute Gasteiger partial charge is 0.336 e. The van der Waals surface area contributed by atoms with Gasteiger partial charge in [0.2, 0.25) is 0 Å². The Morgan fingerprint density at radius 2 is 1.88 bits per heavy atom. The third-order valence-corrected chi connectivity index (χ3v) is 4.49. The van der Waals surface area contributed by atoms with E-state index in [1.807, 2.05) is 10.3 Å². The molecule has 1 aromatic rings. The number of aromatic nitrogens is 1. The molecule has 0 saturated carbocycles. The summed E-state index contributed by atoms with van der Waals surface area (Å²) in [7, 11) is 0. The van der Waals surface area contributed by atoms with Crippen molar-refractivity contribution in [2.75, 3.05) is 39.3 Å². The molecular formula is C16H32Cl2N4OS. The third-order valence-electron chi connectivity index (χ3n) is 3.58. The van der Waals surface area contributed by atoms with Gasteiger partial charge in [0.1, 0.15) is 5.69 Å². The Balaban J connectivity index is 0. The normalized spacial score (nSPS) is 10.5. The van der Waals surface area contributed by atoms with Crippen LogP contribution in [0.4, 0.5) is 0 Å². The molecule has 0 fully saturated rings. The molecule has 1 rings (SSSR count). The summed E-state index contributed by atoms with van der Waals surface area (Å²) >= 11 is 1.52. The van der Waals surface area contributed by atoms with Gasteiger partial charge in [-0.2, -0.15) is 0 Å². The molecule has 0 bridgehead atoms. The fraction of sp³-hybridized carbons (Fsp3) is 0.750. The van der Waals surface area contributed by atoms with Crippen LogP contribution in [0.1, 0.15) is 43.2 Å². The van der Waals surface area contributed by atoms with Crippen LogP contribution in [-0.4, -0.2) is 60.0 Å². The first-order valence-corrected chi connectivity index (χ1v) is 9.05. The molecule has 0 spiro atoms. The molecule has 1 aromatic heterocycles. The van der Waals surface area contributed by atoms with Crippen LogP contribution in [0.2, 0.25) is 0 Å². The highest BCUT2D eigenvalue weighted by atomic mass is 35.5. The van der Waals surface area contributed by atoms with Gasteiger partial charge in [-0.25, -0.2) is 4.98 Å². The van der Waals surface area contributed by atoms with E-state index in [9.17, 15) is 4.79 Å². The van der Waals surface area contributed by atoms with Crippen molar-refractivity contribution < 1.29 is 4.79 Å². The van der Waals surface area contributed by atoms with E-state index >= 15 is 0 Å². The van der Waals surface area contributed by atoms with Gasteiger partial charge in [0.25, 0.3) is 5.91 Å². The number of nitrogens with zero attached hydrogens (tertiary/aromatic N) is 3. The van der Waals surface area contributed by atoms with Crippen LogP contribution in [0.3, 0.4) is 0 Å². The second-order valence-corrected chi connectivity index (χ2v) is 6.78. The molecule has 0 aliphatic carbocycles. The average Bonchev–Trinajstić information content (AvgIpc) is 2.95. The fourth-order valence-corrected chi connectivity index (χ4v) is 3.12. The van der Waals surface area contributed by atoms with E-state index in [1.165, 1.54) is 11.3 Å². The van der Waals surface area contributed by atoms with Crippen LogP contribution < -0.4 is 5.73 Å². The summed E-state index contributed by atoms with van der Waals surface area (Å²) in [6.45, 7) is 13.6. The Kier molecular flexibility index (Phi) is 14.9. The molecule has 0 radical (unpaired) electrons. The van der Waals surface area contributed by atoms with E-state index in [2.05, 4.69) is 37.6 Å². The topological polar surface area (TPSA) is 62.5 Å². The third kappa shape index (κ3) is 8.62. The number of likely N-dealkylation sites (N-methyl/N-ethyl adjacent to an activating group) is 1. The zero-order valence-electron chi connectivity index (χ0n) is 15.2. The summed E-state index contributed by atoms with van der Waals surface area (Å²) in [5, 5.41) is 2.80. The van der Waals surface area contributed by atoms with Crippen molar-refractivity contribution in [2.45, 2.75) is 34.1 Å². The Morgan fingerprint density at radius 3 is 2.38 bits per heavy atom. The maximum Gasteiger partial charge on any atom is 0.273 e. The van der Waals surface area contributed by atoms with Crippen molar-refractivity contribution in [3.63, 3.8) is 0 Å². The van der Waals surface area contributed by atoms with Crippen LogP contribution in [0.15, 0.2) is 5.38 Å². The van der Waals surface area contributed by atoms with Gasteiger partial charge < -0.3 is 15.5 Å². The summed E-state index contributed by atoms with van der Waals surface area (Å²) in [5.41, 5.74) is 6.11. The number of hydrogen-bond acceptors (Lipinski definition) is 5. The molecule has 0 aromatic carbocycles. The minimum atomic E-state index is 0. The number of carbonyl (C=O) groups excluding carboxylic acids is 1. The monoisotopic (exact) mass is 398 g/mol. The van der Waals surface area contributed by atoms with Crippen molar-refractivity contribution in [1.82, 2.24) is 14.8 Å². The van der Waals surface area contributed by atoms with Gasteiger partial charge in [0.15, 0.2) is 0 Å². The molecule has 5 nitrogen and oxygen atoms in total. The molecule has 0 aliphatic rings. The first kappa shape index (κ1) is 25.8. The van der Waals surface area contributed by atoms with Crippen LogP contribution in [0, 0.1) is 5.92 Å². The summed E-state index contributed by atoms with van der Waals surface area (Å²) in [6, 6.07) is 0. The molecule has 0 atom stereocenters. The highest BCUT2D eigenvalue weighted by molar-refractivity contribution is 7.09. The van der Waals surface area contributed by atoms with Gasteiger partial charge in [0, 0.05) is 31.4 Å². The minimum absolute atomic E-state index is 0. The fourth-order valence-electron chi connectivity index (χ4n) is 2.33.